The summed E-state index contributed by atoms with van der Waals surface area (Å²) in [6, 6.07) is 1.97. The first-order chi connectivity index (χ1) is 9.54. The van der Waals surface area contributed by atoms with Crippen molar-refractivity contribution < 1.29 is 19.1 Å². The number of carboxylic acid groups (broad SMARTS) is 1. The number of nitrogens with zero attached hydrogens (tertiary/aromatic N) is 1. The maximum atomic E-state index is 10.4. The third-order valence-electron chi connectivity index (χ3n) is 3.28. The molecule has 0 atom stereocenters. The maximum Gasteiger partial charge on any atom is 0.305 e. The van der Waals surface area contributed by atoms with Crippen molar-refractivity contribution in [3.8, 4) is 0 Å². The Labute approximate surface area is 134 Å². The molecule has 1 aliphatic rings. The van der Waals surface area contributed by atoms with Crippen LogP contribution < -0.4 is 0 Å². The van der Waals surface area contributed by atoms with E-state index in [1.54, 1.807) is 0 Å². The fourth-order valence-corrected chi connectivity index (χ4v) is 2.90. The molecule has 0 aliphatic carbocycles. The van der Waals surface area contributed by atoms with Crippen molar-refractivity contribution in [3.63, 3.8) is 0 Å². The van der Waals surface area contributed by atoms with E-state index in [4.69, 9.17) is 14.3 Å². The number of rotatable bonds is 6. The average Bonchev–Trinajstić information content (AvgIpc) is 2.70. The van der Waals surface area contributed by atoms with E-state index in [1.165, 1.54) is 0 Å². The van der Waals surface area contributed by atoms with Crippen molar-refractivity contribution >= 4 is 37.8 Å². The van der Waals surface area contributed by atoms with Gasteiger partial charge in [0, 0.05) is 13.1 Å². The smallest absolute Gasteiger partial charge is 0.305 e. The summed E-state index contributed by atoms with van der Waals surface area (Å²) in [7, 11) is 0. The molecule has 1 aliphatic heterocycles. The number of furan rings is 1. The second-order valence-corrected chi connectivity index (χ2v) is 6.40. The minimum atomic E-state index is -0.809. The minimum absolute atomic E-state index is 0.0780. The van der Waals surface area contributed by atoms with Gasteiger partial charge in [0.05, 0.1) is 30.1 Å². The van der Waals surface area contributed by atoms with Gasteiger partial charge in [0.15, 0.2) is 4.67 Å². The summed E-state index contributed by atoms with van der Waals surface area (Å²) >= 11 is 6.73. The standard InChI is InChI=1S/C13H17Br2NO4/c14-11-7-10(20-13(11)15)8-16-4-1-9(2-5-16)19-6-3-12(17)18/h7,9H,1-6,8H2,(H,17,18). The Morgan fingerprint density at radius 2 is 2.15 bits per heavy atom. The molecule has 1 fully saturated rings. The van der Waals surface area contributed by atoms with Gasteiger partial charge in [0.1, 0.15) is 5.76 Å². The zero-order chi connectivity index (χ0) is 14.5. The highest BCUT2D eigenvalue weighted by molar-refractivity contribution is 9.13. The molecule has 0 radical (unpaired) electrons. The molecule has 2 rings (SSSR count). The summed E-state index contributed by atoms with van der Waals surface area (Å²) in [6.45, 7) is 2.96. The van der Waals surface area contributed by atoms with E-state index in [-0.39, 0.29) is 12.5 Å². The first kappa shape index (κ1) is 16.0. The third-order valence-corrected chi connectivity index (χ3v) is 4.99. The van der Waals surface area contributed by atoms with Gasteiger partial charge in [-0.05, 0) is 50.8 Å². The van der Waals surface area contributed by atoms with E-state index >= 15 is 0 Å². The Bertz CT molecular complexity index is 436. The van der Waals surface area contributed by atoms with E-state index in [2.05, 4.69) is 36.8 Å². The summed E-state index contributed by atoms with van der Waals surface area (Å²) in [4.78, 5) is 12.7. The molecule has 1 aromatic heterocycles. The van der Waals surface area contributed by atoms with Crippen LogP contribution in [0.25, 0.3) is 0 Å². The van der Waals surface area contributed by atoms with Crippen LogP contribution in [0.4, 0.5) is 0 Å². The molecule has 5 nitrogen and oxygen atoms in total. The average molecular weight is 411 g/mol. The number of halogens is 2. The summed E-state index contributed by atoms with van der Waals surface area (Å²) in [5.74, 6) is 0.116. The normalized spacial score (nSPS) is 17.5. The van der Waals surface area contributed by atoms with Gasteiger partial charge in [0.25, 0.3) is 0 Å². The van der Waals surface area contributed by atoms with Gasteiger partial charge in [-0.1, -0.05) is 0 Å². The maximum absolute atomic E-state index is 10.4. The molecule has 0 amide bonds. The summed E-state index contributed by atoms with van der Waals surface area (Å²) in [6.07, 6.45) is 2.13. The number of aliphatic carboxylic acids is 1. The number of hydrogen-bond donors (Lipinski definition) is 1. The van der Waals surface area contributed by atoms with Gasteiger partial charge >= 0.3 is 5.97 Å². The van der Waals surface area contributed by atoms with Crippen LogP contribution in [0, 0.1) is 0 Å². The Morgan fingerprint density at radius 1 is 1.45 bits per heavy atom. The molecular formula is C13H17Br2NO4. The Kier molecular flexibility index (Phi) is 6.07. The van der Waals surface area contributed by atoms with Crippen LogP contribution in [0.3, 0.4) is 0 Å². The lowest BCUT2D eigenvalue weighted by molar-refractivity contribution is -0.138. The number of likely N-dealkylation sites (tertiary alicyclic amines) is 1. The predicted molar refractivity (Wildman–Crippen MR) is 80.6 cm³/mol. The third kappa shape index (κ3) is 4.87. The van der Waals surface area contributed by atoms with Gasteiger partial charge in [-0.2, -0.15) is 0 Å². The number of piperidine rings is 1. The Balaban J connectivity index is 1.70. The molecule has 20 heavy (non-hydrogen) atoms. The molecule has 0 aromatic carbocycles. The SMILES string of the molecule is O=C(O)CCOC1CCN(Cc2cc(Br)c(Br)o2)CC1. The zero-order valence-corrected chi connectivity index (χ0v) is 14.2. The van der Waals surface area contributed by atoms with E-state index in [9.17, 15) is 4.79 Å². The van der Waals surface area contributed by atoms with Crippen LogP contribution in [0.1, 0.15) is 25.0 Å². The second kappa shape index (κ2) is 7.59. The molecule has 7 heteroatoms. The lowest BCUT2D eigenvalue weighted by Crippen LogP contribution is -2.36. The molecule has 1 aromatic rings. The van der Waals surface area contributed by atoms with Gasteiger partial charge in [-0.3, -0.25) is 9.69 Å². The van der Waals surface area contributed by atoms with Crippen LogP contribution >= 0.6 is 31.9 Å². The van der Waals surface area contributed by atoms with Crippen LogP contribution in [0.2, 0.25) is 0 Å². The summed E-state index contributed by atoms with van der Waals surface area (Å²) < 4.78 is 12.8. The van der Waals surface area contributed by atoms with Gasteiger partial charge < -0.3 is 14.3 Å². The molecule has 2 heterocycles. The largest absolute Gasteiger partial charge is 0.481 e. The van der Waals surface area contributed by atoms with Crippen molar-refractivity contribution in [2.24, 2.45) is 0 Å². The van der Waals surface area contributed by atoms with Gasteiger partial charge in [-0.15, -0.1) is 0 Å². The second-order valence-electron chi connectivity index (χ2n) is 4.82. The highest BCUT2D eigenvalue weighted by Gasteiger charge is 2.21. The Morgan fingerprint density at radius 3 is 2.70 bits per heavy atom. The van der Waals surface area contributed by atoms with Crippen molar-refractivity contribution in [2.75, 3.05) is 19.7 Å². The topological polar surface area (TPSA) is 62.9 Å². The van der Waals surface area contributed by atoms with Gasteiger partial charge in [-0.25, -0.2) is 0 Å². The fourth-order valence-electron chi connectivity index (χ4n) is 2.24. The van der Waals surface area contributed by atoms with E-state index in [0.717, 1.165) is 47.4 Å². The zero-order valence-electron chi connectivity index (χ0n) is 11.0. The van der Waals surface area contributed by atoms with E-state index < -0.39 is 5.97 Å². The minimum Gasteiger partial charge on any atom is -0.481 e. The first-order valence-corrected chi connectivity index (χ1v) is 8.12. The van der Waals surface area contributed by atoms with Crippen molar-refractivity contribution in [2.45, 2.75) is 31.9 Å². The molecule has 112 valence electrons. The van der Waals surface area contributed by atoms with E-state index in [0.29, 0.717) is 6.61 Å². The predicted octanol–water partition coefficient (Wildman–Crippen LogP) is 3.26. The highest BCUT2D eigenvalue weighted by atomic mass is 79.9. The number of carboxylic acids is 1. The Hall–Kier alpha value is -0.370. The molecule has 1 saturated heterocycles. The van der Waals surface area contributed by atoms with Crippen LogP contribution in [0.15, 0.2) is 19.6 Å². The molecule has 0 bridgehead atoms. The van der Waals surface area contributed by atoms with Crippen LogP contribution in [-0.2, 0) is 16.1 Å². The summed E-state index contributed by atoms with van der Waals surface area (Å²) in [5.41, 5.74) is 0. The van der Waals surface area contributed by atoms with Crippen molar-refractivity contribution in [1.29, 1.82) is 0 Å². The first-order valence-electron chi connectivity index (χ1n) is 6.54. The van der Waals surface area contributed by atoms with Crippen LogP contribution in [-0.4, -0.2) is 41.8 Å². The fraction of sp³-hybridized carbons (Fsp3) is 0.615. The van der Waals surface area contributed by atoms with Crippen LogP contribution in [0.5, 0.6) is 0 Å². The van der Waals surface area contributed by atoms with Crippen molar-refractivity contribution in [1.82, 2.24) is 4.90 Å². The monoisotopic (exact) mass is 409 g/mol. The molecule has 1 N–H and O–H groups in total. The lowest BCUT2D eigenvalue weighted by atomic mass is 10.1. The molecule has 0 spiro atoms. The number of ether oxygens (including phenoxy) is 1. The molecule has 0 unspecified atom stereocenters. The van der Waals surface area contributed by atoms with E-state index in [1.807, 2.05) is 6.07 Å². The number of carbonyl (C=O) groups is 1. The van der Waals surface area contributed by atoms with Gasteiger partial charge in [0.2, 0.25) is 0 Å². The quantitative estimate of drug-likeness (QED) is 0.779. The van der Waals surface area contributed by atoms with Crippen molar-refractivity contribution in [3.05, 3.63) is 21.0 Å². The summed E-state index contributed by atoms with van der Waals surface area (Å²) in [5, 5.41) is 8.57. The molecular weight excluding hydrogens is 394 g/mol. The highest BCUT2D eigenvalue weighted by Crippen LogP contribution is 2.28. The number of hydrogen-bond acceptors (Lipinski definition) is 4. The molecule has 0 saturated carbocycles. The lowest BCUT2D eigenvalue weighted by Gasteiger charge is -2.31.